The molecule has 0 saturated carbocycles. The second-order valence-electron chi connectivity index (χ2n) is 5.53. The quantitative estimate of drug-likeness (QED) is 0.858. The van der Waals surface area contributed by atoms with Gasteiger partial charge in [0.1, 0.15) is 0 Å². The van der Waals surface area contributed by atoms with Crippen LogP contribution in [0.25, 0.3) is 0 Å². The molecule has 2 aliphatic rings. The molecule has 1 aromatic rings. The number of nitrogens with zero attached hydrogens (tertiary/aromatic N) is 4. The first-order valence-corrected chi connectivity index (χ1v) is 7.18. The molecule has 1 amide bonds. The van der Waals surface area contributed by atoms with Crippen LogP contribution in [-0.2, 0) is 9.53 Å². The van der Waals surface area contributed by atoms with Crippen molar-refractivity contribution in [3.63, 3.8) is 0 Å². The molecule has 0 bridgehead atoms. The molecule has 114 valence electrons. The van der Waals surface area contributed by atoms with Gasteiger partial charge in [0.25, 0.3) is 0 Å². The summed E-state index contributed by atoms with van der Waals surface area (Å²) in [6.45, 7) is 1.85. The van der Waals surface area contributed by atoms with Gasteiger partial charge in [0, 0.05) is 19.7 Å². The Morgan fingerprint density at radius 3 is 2.81 bits per heavy atom. The highest BCUT2D eigenvalue weighted by atomic mass is 16.5. The molecular weight excluding hydrogens is 276 g/mol. The summed E-state index contributed by atoms with van der Waals surface area (Å²) >= 11 is 0. The van der Waals surface area contributed by atoms with Crippen molar-refractivity contribution in [1.29, 1.82) is 0 Å². The van der Waals surface area contributed by atoms with Crippen molar-refractivity contribution in [3.05, 3.63) is 11.9 Å². The Balaban J connectivity index is 1.48. The lowest BCUT2D eigenvalue weighted by Crippen LogP contribution is -2.51. The Morgan fingerprint density at radius 2 is 2.19 bits per heavy atom. The number of hydrogen-bond donors (Lipinski definition) is 1. The van der Waals surface area contributed by atoms with Gasteiger partial charge < -0.3 is 14.7 Å². The topological polar surface area (TPSA) is 97.5 Å². The molecule has 8 nitrogen and oxygen atoms in total. The Kier molecular flexibility index (Phi) is 3.87. The standard InChI is InChI=1S/C13H18N4O4/c18-12(5-10-3-1-2-4-21-10)16-6-9(7-16)17-8-11(13(19)20)14-15-17/h8-10H,1-7H2,(H,19,20). The summed E-state index contributed by atoms with van der Waals surface area (Å²) in [5.74, 6) is -1.00. The van der Waals surface area contributed by atoms with Crippen LogP contribution in [0.3, 0.4) is 0 Å². The Morgan fingerprint density at radius 1 is 1.38 bits per heavy atom. The minimum absolute atomic E-state index is 0.0156. The van der Waals surface area contributed by atoms with Gasteiger partial charge in [-0.05, 0) is 19.3 Å². The molecule has 2 aliphatic heterocycles. The van der Waals surface area contributed by atoms with Gasteiger partial charge in [-0.25, -0.2) is 9.48 Å². The van der Waals surface area contributed by atoms with Crippen molar-refractivity contribution in [1.82, 2.24) is 19.9 Å². The number of carbonyl (C=O) groups excluding carboxylic acids is 1. The van der Waals surface area contributed by atoms with E-state index in [0.717, 1.165) is 25.9 Å². The van der Waals surface area contributed by atoms with Crippen molar-refractivity contribution < 1.29 is 19.4 Å². The first kappa shape index (κ1) is 14.0. The van der Waals surface area contributed by atoms with Crippen LogP contribution in [0.4, 0.5) is 0 Å². The van der Waals surface area contributed by atoms with E-state index in [9.17, 15) is 9.59 Å². The lowest BCUT2D eigenvalue weighted by molar-refractivity contribution is -0.141. The fraction of sp³-hybridized carbons (Fsp3) is 0.692. The van der Waals surface area contributed by atoms with E-state index in [1.165, 1.54) is 10.9 Å². The zero-order valence-electron chi connectivity index (χ0n) is 11.6. The third kappa shape index (κ3) is 3.05. The molecular formula is C13H18N4O4. The van der Waals surface area contributed by atoms with Crippen molar-refractivity contribution in [2.75, 3.05) is 19.7 Å². The minimum atomic E-state index is -1.09. The van der Waals surface area contributed by atoms with Crippen LogP contribution in [0.2, 0.25) is 0 Å². The molecule has 21 heavy (non-hydrogen) atoms. The predicted molar refractivity (Wildman–Crippen MR) is 70.8 cm³/mol. The highest BCUT2D eigenvalue weighted by molar-refractivity contribution is 5.84. The van der Waals surface area contributed by atoms with Crippen molar-refractivity contribution >= 4 is 11.9 Å². The van der Waals surface area contributed by atoms with Crippen LogP contribution in [0, 0.1) is 0 Å². The van der Waals surface area contributed by atoms with E-state index in [0.29, 0.717) is 19.5 Å². The normalized spacial score (nSPS) is 22.9. The average molecular weight is 294 g/mol. The van der Waals surface area contributed by atoms with E-state index in [2.05, 4.69) is 10.3 Å². The van der Waals surface area contributed by atoms with E-state index in [4.69, 9.17) is 9.84 Å². The van der Waals surface area contributed by atoms with E-state index >= 15 is 0 Å². The number of carboxylic acid groups (broad SMARTS) is 1. The summed E-state index contributed by atoms with van der Waals surface area (Å²) in [5, 5.41) is 16.2. The van der Waals surface area contributed by atoms with Crippen LogP contribution < -0.4 is 0 Å². The Hall–Kier alpha value is -1.96. The molecule has 0 aromatic carbocycles. The minimum Gasteiger partial charge on any atom is -0.476 e. The van der Waals surface area contributed by atoms with E-state index in [-0.39, 0.29) is 23.7 Å². The van der Waals surface area contributed by atoms with Gasteiger partial charge >= 0.3 is 5.97 Å². The molecule has 3 rings (SSSR count). The van der Waals surface area contributed by atoms with E-state index in [1.54, 1.807) is 4.90 Å². The van der Waals surface area contributed by atoms with Crippen molar-refractivity contribution in [3.8, 4) is 0 Å². The molecule has 2 fully saturated rings. The fourth-order valence-corrected chi connectivity index (χ4v) is 2.67. The molecule has 2 saturated heterocycles. The third-order valence-corrected chi connectivity index (χ3v) is 3.99. The number of hydrogen-bond acceptors (Lipinski definition) is 5. The molecule has 3 heterocycles. The maximum Gasteiger partial charge on any atom is 0.358 e. The lowest BCUT2D eigenvalue weighted by Gasteiger charge is -2.39. The lowest BCUT2D eigenvalue weighted by atomic mass is 10.0. The maximum absolute atomic E-state index is 12.1. The van der Waals surface area contributed by atoms with Gasteiger partial charge in [0.05, 0.1) is 24.8 Å². The van der Waals surface area contributed by atoms with E-state index in [1.807, 2.05) is 0 Å². The number of aromatic carboxylic acids is 1. The summed E-state index contributed by atoms with van der Waals surface area (Å²) in [5.41, 5.74) is -0.0737. The zero-order chi connectivity index (χ0) is 14.8. The monoisotopic (exact) mass is 294 g/mol. The molecule has 8 heteroatoms. The van der Waals surface area contributed by atoms with Crippen molar-refractivity contribution in [2.45, 2.75) is 37.8 Å². The number of carbonyl (C=O) groups is 2. The fourth-order valence-electron chi connectivity index (χ4n) is 2.67. The zero-order valence-corrected chi connectivity index (χ0v) is 11.6. The molecule has 1 N–H and O–H groups in total. The van der Waals surface area contributed by atoms with Gasteiger partial charge in [0.2, 0.25) is 5.91 Å². The van der Waals surface area contributed by atoms with Crippen LogP contribution in [-0.4, -0.2) is 62.7 Å². The molecule has 0 aliphatic carbocycles. The first-order chi connectivity index (χ1) is 10.1. The van der Waals surface area contributed by atoms with Gasteiger partial charge in [-0.15, -0.1) is 5.10 Å². The summed E-state index contributed by atoms with van der Waals surface area (Å²) in [7, 11) is 0. The van der Waals surface area contributed by atoms with Crippen molar-refractivity contribution in [2.24, 2.45) is 0 Å². The number of amides is 1. The largest absolute Gasteiger partial charge is 0.476 e. The predicted octanol–water partition coefficient (Wildman–Crippen LogP) is 0.319. The second kappa shape index (κ2) is 5.80. The van der Waals surface area contributed by atoms with E-state index < -0.39 is 5.97 Å². The van der Waals surface area contributed by atoms with Gasteiger partial charge in [0.15, 0.2) is 5.69 Å². The van der Waals surface area contributed by atoms with Crippen LogP contribution in [0.5, 0.6) is 0 Å². The van der Waals surface area contributed by atoms with Gasteiger partial charge in [-0.2, -0.15) is 0 Å². The second-order valence-corrected chi connectivity index (χ2v) is 5.53. The van der Waals surface area contributed by atoms with Gasteiger partial charge in [-0.3, -0.25) is 4.79 Å². The molecule has 1 atom stereocenters. The highest BCUT2D eigenvalue weighted by Crippen LogP contribution is 2.23. The van der Waals surface area contributed by atoms with Crippen LogP contribution in [0.15, 0.2) is 6.20 Å². The van der Waals surface area contributed by atoms with Gasteiger partial charge in [-0.1, -0.05) is 5.21 Å². The summed E-state index contributed by atoms with van der Waals surface area (Å²) in [6, 6.07) is 0.0156. The Bertz CT molecular complexity index is 532. The summed E-state index contributed by atoms with van der Waals surface area (Å²) in [6.07, 6.45) is 5.04. The number of ether oxygens (including phenoxy) is 1. The number of aromatic nitrogens is 3. The third-order valence-electron chi connectivity index (χ3n) is 3.99. The number of rotatable bonds is 4. The number of carboxylic acids is 1. The Labute approximate surface area is 121 Å². The molecule has 0 radical (unpaired) electrons. The first-order valence-electron chi connectivity index (χ1n) is 7.18. The van der Waals surface area contributed by atoms with Crippen LogP contribution >= 0.6 is 0 Å². The maximum atomic E-state index is 12.1. The SMILES string of the molecule is O=C(O)c1cn(C2CN(C(=O)CC3CCCCO3)C2)nn1. The highest BCUT2D eigenvalue weighted by Gasteiger charge is 2.34. The molecule has 1 aromatic heterocycles. The average Bonchev–Trinajstić information content (AvgIpc) is 2.88. The summed E-state index contributed by atoms with van der Waals surface area (Å²) < 4.78 is 7.09. The number of likely N-dealkylation sites (tertiary alicyclic amines) is 1. The van der Waals surface area contributed by atoms with Crippen LogP contribution in [0.1, 0.15) is 42.2 Å². The molecule has 0 spiro atoms. The molecule has 1 unspecified atom stereocenters. The smallest absolute Gasteiger partial charge is 0.358 e. The summed E-state index contributed by atoms with van der Waals surface area (Å²) in [4.78, 5) is 24.6.